The summed E-state index contributed by atoms with van der Waals surface area (Å²) in [4.78, 5) is 26.6. The van der Waals surface area contributed by atoms with E-state index in [1.54, 1.807) is 21.6 Å². The Bertz CT molecular complexity index is 628. The molecule has 5 nitrogen and oxygen atoms in total. The van der Waals surface area contributed by atoms with Gasteiger partial charge in [0.05, 0.1) is 12.8 Å². The summed E-state index contributed by atoms with van der Waals surface area (Å²) in [6, 6.07) is 0. The molecule has 0 aromatic rings. The third-order valence-corrected chi connectivity index (χ3v) is 12.4. The van der Waals surface area contributed by atoms with E-state index in [9.17, 15) is 9.59 Å². The Morgan fingerprint density at radius 2 is 0.886 bits per heavy atom. The van der Waals surface area contributed by atoms with Gasteiger partial charge >= 0.3 is 11.9 Å². The summed E-state index contributed by atoms with van der Waals surface area (Å²) < 4.78 is 11.1. The van der Waals surface area contributed by atoms with Crippen molar-refractivity contribution in [3.05, 3.63) is 0 Å². The Morgan fingerprint density at radius 3 is 1.30 bits per heavy atom. The van der Waals surface area contributed by atoms with Crippen LogP contribution in [0.5, 0.6) is 0 Å². The van der Waals surface area contributed by atoms with Gasteiger partial charge < -0.3 is 14.4 Å². The van der Waals surface area contributed by atoms with Gasteiger partial charge in [-0.05, 0) is 26.9 Å². The second-order valence-electron chi connectivity index (χ2n) is 12.2. The summed E-state index contributed by atoms with van der Waals surface area (Å²) in [5.74, 6) is 3.38. The first-order valence-corrected chi connectivity index (χ1v) is 23.0. The number of nitrogens with zero attached hydrogens (tertiary/aromatic N) is 1. The maximum Gasteiger partial charge on any atom is 0.307 e. The number of hydrogen-bond donors (Lipinski definition) is 0. The lowest BCUT2D eigenvalue weighted by molar-refractivity contribution is -0.159. The fourth-order valence-electron chi connectivity index (χ4n) is 4.82. The van der Waals surface area contributed by atoms with Crippen LogP contribution in [0.1, 0.15) is 155 Å². The van der Waals surface area contributed by atoms with Crippen LogP contribution in [0.2, 0.25) is 0 Å². The normalized spacial score (nSPS) is 12.1. The molecule has 0 aliphatic heterocycles. The van der Waals surface area contributed by atoms with Crippen LogP contribution in [-0.2, 0) is 19.1 Å². The SMILES string of the molecule is CCCCCCCCCCCCSSCCC(=O)OCC(CN(C)C)OC(=O)CCSSCCCCCCCCCCCC. The number of ether oxygens (including phenoxy) is 2. The van der Waals surface area contributed by atoms with Crippen molar-refractivity contribution in [1.82, 2.24) is 4.90 Å². The van der Waals surface area contributed by atoms with Crippen LogP contribution in [0.15, 0.2) is 0 Å². The van der Waals surface area contributed by atoms with Gasteiger partial charge in [0.1, 0.15) is 12.7 Å². The van der Waals surface area contributed by atoms with E-state index in [1.807, 2.05) is 40.6 Å². The summed E-state index contributed by atoms with van der Waals surface area (Å²) in [5, 5.41) is 0. The predicted molar refractivity (Wildman–Crippen MR) is 202 cm³/mol. The zero-order valence-corrected chi connectivity index (χ0v) is 32.4. The zero-order valence-electron chi connectivity index (χ0n) is 29.1. The maximum absolute atomic E-state index is 12.4. The van der Waals surface area contributed by atoms with E-state index in [4.69, 9.17) is 9.47 Å². The van der Waals surface area contributed by atoms with Gasteiger partial charge in [-0.25, -0.2) is 0 Å². The number of carbonyl (C=O) groups excluding carboxylic acids is 2. The lowest BCUT2D eigenvalue weighted by Crippen LogP contribution is -2.35. The van der Waals surface area contributed by atoms with Gasteiger partial charge in [0.25, 0.3) is 0 Å². The van der Waals surface area contributed by atoms with Crippen LogP contribution in [-0.4, -0.2) is 73.2 Å². The quantitative estimate of drug-likeness (QED) is 0.0366. The minimum absolute atomic E-state index is 0.125. The van der Waals surface area contributed by atoms with Crippen molar-refractivity contribution in [3.63, 3.8) is 0 Å². The van der Waals surface area contributed by atoms with Crippen molar-refractivity contribution in [3.8, 4) is 0 Å². The molecule has 0 aliphatic carbocycles. The minimum Gasteiger partial charge on any atom is -0.462 e. The summed E-state index contributed by atoms with van der Waals surface area (Å²) in [7, 11) is 11.1. The monoisotopic (exact) mass is 695 g/mol. The van der Waals surface area contributed by atoms with Crippen molar-refractivity contribution in [2.45, 2.75) is 161 Å². The van der Waals surface area contributed by atoms with Gasteiger partial charge in [-0.15, -0.1) is 0 Å². The van der Waals surface area contributed by atoms with Crippen molar-refractivity contribution in [2.24, 2.45) is 0 Å². The van der Waals surface area contributed by atoms with E-state index in [1.165, 1.54) is 128 Å². The largest absolute Gasteiger partial charge is 0.462 e. The summed E-state index contributed by atoms with van der Waals surface area (Å²) in [6.07, 6.45) is 27.5. The molecule has 0 heterocycles. The first kappa shape index (κ1) is 44.3. The number of esters is 2. The third kappa shape index (κ3) is 35.2. The minimum atomic E-state index is -0.427. The van der Waals surface area contributed by atoms with Gasteiger partial charge in [-0.3, -0.25) is 9.59 Å². The Kier molecular flexibility index (Phi) is 36.4. The Labute approximate surface area is 289 Å². The lowest BCUT2D eigenvalue weighted by atomic mass is 10.1. The average molecular weight is 696 g/mol. The van der Waals surface area contributed by atoms with Crippen LogP contribution in [0.3, 0.4) is 0 Å². The molecule has 0 aliphatic rings. The second-order valence-corrected chi connectivity index (χ2v) is 17.6. The van der Waals surface area contributed by atoms with Crippen molar-refractivity contribution in [2.75, 3.05) is 50.3 Å². The maximum atomic E-state index is 12.4. The van der Waals surface area contributed by atoms with Crippen molar-refractivity contribution < 1.29 is 19.1 Å². The smallest absolute Gasteiger partial charge is 0.307 e. The molecule has 9 heteroatoms. The van der Waals surface area contributed by atoms with Gasteiger partial charge in [-0.2, -0.15) is 0 Å². The van der Waals surface area contributed by atoms with E-state index < -0.39 is 6.10 Å². The van der Waals surface area contributed by atoms with Crippen LogP contribution in [0.25, 0.3) is 0 Å². The van der Waals surface area contributed by atoms with Gasteiger partial charge in [-0.1, -0.05) is 173 Å². The molecule has 0 bridgehead atoms. The topological polar surface area (TPSA) is 55.8 Å². The molecule has 1 atom stereocenters. The summed E-state index contributed by atoms with van der Waals surface area (Å²) in [5.41, 5.74) is 0. The Morgan fingerprint density at radius 1 is 0.523 bits per heavy atom. The molecule has 0 amide bonds. The first-order chi connectivity index (χ1) is 21.5. The van der Waals surface area contributed by atoms with E-state index in [0.717, 1.165) is 23.0 Å². The summed E-state index contributed by atoms with van der Waals surface area (Å²) in [6.45, 7) is 5.21. The number of hydrogen-bond acceptors (Lipinski definition) is 9. The third-order valence-electron chi connectivity index (χ3n) is 7.41. The highest BCUT2D eigenvalue weighted by molar-refractivity contribution is 8.77. The zero-order chi connectivity index (χ0) is 32.4. The molecule has 0 spiro atoms. The number of rotatable bonds is 35. The highest BCUT2D eigenvalue weighted by Gasteiger charge is 2.18. The van der Waals surface area contributed by atoms with Crippen LogP contribution in [0, 0.1) is 0 Å². The van der Waals surface area contributed by atoms with Gasteiger partial charge in [0.2, 0.25) is 0 Å². The van der Waals surface area contributed by atoms with Gasteiger partial charge in [0.15, 0.2) is 0 Å². The Hall–Kier alpha value is 0.300. The fraction of sp³-hybridized carbons (Fsp3) is 0.943. The fourth-order valence-corrected chi connectivity index (χ4v) is 9.05. The molecule has 0 N–H and O–H groups in total. The highest BCUT2D eigenvalue weighted by atomic mass is 33.1. The molecular weight excluding hydrogens is 627 g/mol. The van der Waals surface area contributed by atoms with Gasteiger partial charge in [0, 0.05) is 29.6 Å². The molecule has 0 aromatic carbocycles. The molecule has 0 rings (SSSR count). The van der Waals surface area contributed by atoms with Crippen molar-refractivity contribution >= 4 is 55.1 Å². The van der Waals surface area contributed by atoms with Crippen LogP contribution < -0.4 is 0 Å². The number of likely N-dealkylation sites (N-methyl/N-ethyl adjacent to an activating group) is 1. The lowest BCUT2D eigenvalue weighted by Gasteiger charge is -2.21. The molecule has 0 saturated heterocycles. The van der Waals surface area contributed by atoms with E-state index in [2.05, 4.69) is 13.8 Å². The molecule has 44 heavy (non-hydrogen) atoms. The molecule has 262 valence electrons. The molecule has 0 aromatic heterocycles. The van der Waals surface area contributed by atoms with E-state index in [0.29, 0.717) is 19.4 Å². The molecule has 0 fully saturated rings. The second kappa shape index (κ2) is 36.1. The average Bonchev–Trinajstić information content (AvgIpc) is 3.00. The van der Waals surface area contributed by atoms with E-state index >= 15 is 0 Å². The van der Waals surface area contributed by atoms with Crippen LogP contribution in [0.4, 0.5) is 0 Å². The molecular formula is C35H69NO4S4. The van der Waals surface area contributed by atoms with Crippen LogP contribution >= 0.6 is 43.2 Å². The molecule has 1 unspecified atom stereocenters. The Balaban J connectivity index is 3.72. The molecule has 0 radical (unpaired) electrons. The van der Waals surface area contributed by atoms with Crippen molar-refractivity contribution in [1.29, 1.82) is 0 Å². The summed E-state index contributed by atoms with van der Waals surface area (Å²) >= 11 is 0. The van der Waals surface area contributed by atoms with E-state index in [-0.39, 0.29) is 18.5 Å². The first-order valence-electron chi connectivity index (χ1n) is 18.0. The number of unbranched alkanes of at least 4 members (excludes halogenated alkanes) is 18. The number of carbonyl (C=O) groups is 2. The standard InChI is InChI=1S/C35H69NO4S4/c1-5-7-9-11-13-15-17-19-21-23-27-41-43-29-25-34(37)39-32-33(31-36(3)4)40-35(38)26-30-44-42-28-24-22-20-18-16-14-12-10-8-6-2/h33H,5-32H2,1-4H3. The highest BCUT2D eigenvalue weighted by Crippen LogP contribution is 2.25. The molecule has 0 saturated carbocycles. The predicted octanol–water partition coefficient (Wildman–Crippen LogP) is 11.4.